The topological polar surface area (TPSA) is 86.3 Å². The average molecular weight is 483 g/mol. The number of nitrogens with one attached hydrogen (secondary N) is 1. The molecule has 2 aliphatic rings. The van der Waals surface area contributed by atoms with Gasteiger partial charge < -0.3 is 29.2 Å². The Balaban J connectivity index is 1.58. The van der Waals surface area contributed by atoms with Crippen LogP contribution in [0.3, 0.4) is 0 Å². The number of hydrogen-bond acceptors (Lipinski definition) is 7. The first-order chi connectivity index (χ1) is 16.9. The summed E-state index contributed by atoms with van der Waals surface area (Å²) in [5, 5.41) is 3.24. The Hall–Kier alpha value is -3.42. The predicted octanol–water partition coefficient (Wildman–Crippen LogP) is 3.92. The molecule has 4 rings (SSSR count). The van der Waals surface area contributed by atoms with Gasteiger partial charge >= 0.3 is 5.97 Å². The Kier molecular flexibility index (Phi) is 7.68. The van der Waals surface area contributed by atoms with Crippen LogP contribution in [0.1, 0.15) is 54.9 Å². The van der Waals surface area contributed by atoms with Gasteiger partial charge in [-0.25, -0.2) is 0 Å². The van der Waals surface area contributed by atoms with Crippen molar-refractivity contribution in [3.8, 4) is 17.2 Å². The Labute approximate surface area is 206 Å². The summed E-state index contributed by atoms with van der Waals surface area (Å²) in [5.74, 6) is 1.54. The number of rotatable bonds is 7. The maximum atomic E-state index is 13.3. The summed E-state index contributed by atoms with van der Waals surface area (Å²) in [6.45, 7) is 5.27. The Bertz CT molecular complexity index is 1070. The largest absolute Gasteiger partial charge is 0.493 e. The van der Waals surface area contributed by atoms with Crippen molar-refractivity contribution in [3.63, 3.8) is 0 Å². The molecule has 0 aromatic heterocycles. The second-order valence-corrected chi connectivity index (χ2v) is 9.03. The summed E-state index contributed by atoms with van der Waals surface area (Å²) < 4.78 is 22.5. The van der Waals surface area contributed by atoms with Crippen molar-refractivity contribution in [2.45, 2.75) is 51.2 Å². The summed E-state index contributed by atoms with van der Waals surface area (Å²) in [7, 11) is 3.62. The first-order valence-electron chi connectivity index (χ1n) is 12.2. The number of amides is 1. The molecular weight excluding hydrogens is 448 g/mol. The van der Waals surface area contributed by atoms with Crippen LogP contribution < -0.4 is 24.4 Å². The van der Waals surface area contributed by atoms with Gasteiger partial charge in [0, 0.05) is 31.5 Å². The van der Waals surface area contributed by atoms with Gasteiger partial charge in [-0.3, -0.25) is 9.59 Å². The van der Waals surface area contributed by atoms with Crippen LogP contribution in [0.15, 0.2) is 36.4 Å². The smallest absolute Gasteiger partial charge is 0.302 e. The van der Waals surface area contributed by atoms with Crippen molar-refractivity contribution in [2.75, 3.05) is 38.8 Å². The number of likely N-dealkylation sites (N-methyl/N-ethyl adjacent to an activating group) is 1. The SMILES string of the molecule is CCOc1cc([C@H]2C[C@H](OC(C)=O)CC[C@H]2NC(=O)c2ccc3c(c2)OCCN3C)ccc1OC. The molecule has 188 valence electrons. The number of methoxy groups -OCH3 is 1. The van der Waals surface area contributed by atoms with E-state index in [-0.39, 0.29) is 29.9 Å². The highest BCUT2D eigenvalue weighted by Crippen LogP contribution is 2.39. The molecule has 0 saturated heterocycles. The van der Waals surface area contributed by atoms with E-state index in [2.05, 4.69) is 10.2 Å². The van der Waals surface area contributed by atoms with Crippen LogP contribution in [0, 0.1) is 0 Å². The lowest BCUT2D eigenvalue weighted by Crippen LogP contribution is -2.44. The molecule has 0 unspecified atom stereocenters. The Morgan fingerprint density at radius 2 is 1.97 bits per heavy atom. The number of ether oxygens (including phenoxy) is 4. The van der Waals surface area contributed by atoms with Gasteiger partial charge in [-0.15, -0.1) is 0 Å². The predicted molar refractivity (Wildman–Crippen MR) is 133 cm³/mol. The van der Waals surface area contributed by atoms with Crippen molar-refractivity contribution < 1.29 is 28.5 Å². The fourth-order valence-corrected chi connectivity index (χ4v) is 4.96. The maximum absolute atomic E-state index is 13.3. The minimum atomic E-state index is -0.292. The minimum absolute atomic E-state index is 0.0535. The number of carbonyl (C=O) groups excluding carboxylic acids is 2. The number of fused-ring (bicyclic) bond motifs is 1. The van der Waals surface area contributed by atoms with Crippen molar-refractivity contribution in [1.29, 1.82) is 0 Å². The number of anilines is 1. The van der Waals surface area contributed by atoms with Gasteiger partial charge in [-0.05, 0) is 62.1 Å². The van der Waals surface area contributed by atoms with E-state index in [0.29, 0.717) is 49.5 Å². The van der Waals surface area contributed by atoms with Gasteiger partial charge in [-0.1, -0.05) is 6.07 Å². The van der Waals surface area contributed by atoms with Gasteiger partial charge in [-0.2, -0.15) is 0 Å². The molecule has 1 saturated carbocycles. The zero-order valence-corrected chi connectivity index (χ0v) is 20.8. The summed E-state index contributed by atoms with van der Waals surface area (Å²) in [4.78, 5) is 27.0. The molecule has 0 bridgehead atoms. The normalized spacial score (nSPS) is 21.4. The number of benzene rings is 2. The van der Waals surface area contributed by atoms with Crippen LogP contribution in [0.2, 0.25) is 0 Å². The van der Waals surface area contributed by atoms with Crippen molar-refractivity contribution in [3.05, 3.63) is 47.5 Å². The quantitative estimate of drug-likeness (QED) is 0.599. The zero-order chi connectivity index (χ0) is 24.9. The van der Waals surface area contributed by atoms with Crippen LogP contribution >= 0.6 is 0 Å². The molecule has 2 aromatic carbocycles. The summed E-state index contributed by atoms with van der Waals surface area (Å²) in [6.07, 6.45) is 1.79. The van der Waals surface area contributed by atoms with Crippen LogP contribution in [0.25, 0.3) is 0 Å². The van der Waals surface area contributed by atoms with Crippen LogP contribution in [-0.4, -0.2) is 57.9 Å². The summed E-state index contributed by atoms with van der Waals surface area (Å²) in [5.41, 5.74) is 2.55. The molecular formula is C27H34N2O6. The summed E-state index contributed by atoms with van der Waals surface area (Å²) in [6, 6.07) is 11.3. The average Bonchev–Trinajstić information content (AvgIpc) is 2.84. The molecule has 8 nitrogen and oxygen atoms in total. The number of hydrogen-bond donors (Lipinski definition) is 1. The molecule has 35 heavy (non-hydrogen) atoms. The van der Waals surface area contributed by atoms with Gasteiger partial charge in [0.25, 0.3) is 5.91 Å². The molecule has 3 atom stereocenters. The molecule has 1 aliphatic carbocycles. The highest BCUT2D eigenvalue weighted by atomic mass is 16.5. The second-order valence-electron chi connectivity index (χ2n) is 9.03. The molecule has 0 radical (unpaired) electrons. The third-order valence-corrected chi connectivity index (χ3v) is 6.68. The second kappa shape index (κ2) is 10.9. The fraction of sp³-hybridized carbons (Fsp3) is 0.481. The van der Waals surface area contributed by atoms with E-state index in [1.807, 2.05) is 44.3 Å². The highest BCUT2D eigenvalue weighted by Gasteiger charge is 2.35. The highest BCUT2D eigenvalue weighted by molar-refractivity contribution is 5.95. The van der Waals surface area contributed by atoms with Gasteiger partial charge in [0.15, 0.2) is 11.5 Å². The zero-order valence-electron chi connectivity index (χ0n) is 20.8. The third kappa shape index (κ3) is 5.63. The maximum Gasteiger partial charge on any atom is 0.302 e. The van der Waals surface area contributed by atoms with E-state index in [0.717, 1.165) is 23.5 Å². The molecule has 8 heteroatoms. The monoisotopic (exact) mass is 482 g/mol. The van der Waals surface area contributed by atoms with Crippen molar-refractivity contribution >= 4 is 17.6 Å². The summed E-state index contributed by atoms with van der Waals surface area (Å²) >= 11 is 0. The lowest BCUT2D eigenvalue weighted by molar-refractivity contribution is -0.148. The molecule has 1 fully saturated rings. The van der Waals surface area contributed by atoms with Gasteiger partial charge in [0.05, 0.1) is 25.9 Å². The van der Waals surface area contributed by atoms with E-state index in [1.165, 1.54) is 6.92 Å². The van der Waals surface area contributed by atoms with Crippen molar-refractivity contribution in [2.24, 2.45) is 0 Å². The van der Waals surface area contributed by atoms with E-state index in [4.69, 9.17) is 18.9 Å². The van der Waals surface area contributed by atoms with Crippen molar-refractivity contribution in [1.82, 2.24) is 5.32 Å². The lowest BCUT2D eigenvalue weighted by atomic mass is 9.78. The third-order valence-electron chi connectivity index (χ3n) is 6.68. The molecule has 0 spiro atoms. The van der Waals surface area contributed by atoms with E-state index >= 15 is 0 Å². The molecule has 1 heterocycles. The van der Waals surface area contributed by atoms with E-state index < -0.39 is 0 Å². The first-order valence-corrected chi connectivity index (χ1v) is 12.2. The molecule has 2 aromatic rings. The van der Waals surface area contributed by atoms with Gasteiger partial charge in [0.1, 0.15) is 18.5 Å². The van der Waals surface area contributed by atoms with E-state index in [1.54, 1.807) is 13.2 Å². The van der Waals surface area contributed by atoms with E-state index in [9.17, 15) is 9.59 Å². The lowest BCUT2D eigenvalue weighted by Gasteiger charge is -2.36. The Morgan fingerprint density at radius 3 is 2.71 bits per heavy atom. The minimum Gasteiger partial charge on any atom is -0.493 e. The molecule has 1 amide bonds. The van der Waals surface area contributed by atoms with Crippen LogP contribution in [0.5, 0.6) is 17.2 Å². The standard InChI is InChI=1S/C27H34N2O6/c1-5-33-26-14-18(7-11-24(26)32-4)21-16-20(35-17(2)30)8-9-22(21)28-27(31)19-6-10-23-25(15-19)34-13-12-29(23)3/h6-7,10-11,14-15,20-22H,5,8-9,12-13,16H2,1-4H3,(H,28,31)/t20-,21-,22-/m1/s1. The number of nitrogens with zero attached hydrogens (tertiary/aromatic N) is 1. The number of carbonyl (C=O) groups is 2. The van der Waals surface area contributed by atoms with Crippen LogP contribution in [0.4, 0.5) is 5.69 Å². The Morgan fingerprint density at radius 1 is 1.14 bits per heavy atom. The molecule has 1 N–H and O–H groups in total. The number of esters is 1. The van der Waals surface area contributed by atoms with Crippen LogP contribution in [-0.2, 0) is 9.53 Å². The fourth-order valence-electron chi connectivity index (χ4n) is 4.96. The van der Waals surface area contributed by atoms with Gasteiger partial charge in [0.2, 0.25) is 0 Å². The molecule has 1 aliphatic heterocycles. The first kappa shape index (κ1) is 24.7.